The lowest BCUT2D eigenvalue weighted by atomic mass is 9.62. The number of hydrogen-bond acceptors (Lipinski definition) is 5. The number of para-hydroxylation sites is 1. The number of aliphatic hydroxyl groups is 1. The Balaban J connectivity index is 1.80. The van der Waals surface area contributed by atoms with E-state index >= 15 is 0 Å². The number of nitrogens with zero attached hydrogens (tertiary/aromatic N) is 3. The topological polar surface area (TPSA) is 90.4 Å². The maximum Gasteiger partial charge on any atom is 0.253 e. The van der Waals surface area contributed by atoms with Crippen LogP contribution in [0, 0.1) is 17.8 Å². The minimum Gasteiger partial charge on any atom is -0.396 e. The van der Waals surface area contributed by atoms with Crippen molar-refractivity contribution < 1.29 is 24.2 Å². The summed E-state index contributed by atoms with van der Waals surface area (Å²) in [5.41, 5.74) is -1.48. The predicted molar refractivity (Wildman–Crippen MR) is 165 cm³/mol. The number of ether oxygens (including phenoxy) is 1. The van der Waals surface area contributed by atoms with E-state index in [1.165, 1.54) is 0 Å². The highest BCUT2D eigenvalue weighted by atomic mass is 35.5. The zero-order valence-electron chi connectivity index (χ0n) is 25.3. The minimum absolute atomic E-state index is 0.0457. The van der Waals surface area contributed by atoms with Gasteiger partial charge in [0, 0.05) is 32.8 Å². The molecular weight excluding hydrogens is 554 g/mol. The van der Waals surface area contributed by atoms with E-state index < -0.39 is 29.1 Å². The number of unbranched alkanes of at least 4 members (excludes halogenated alkanes) is 3. The van der Waals surface area contributed by atoms with Crippen molar-refractivity contribution in [1.82, 2.24) is 9.80 Å². The summed E-state index contributed by atoms with van der Waals surface area (Å²) in [6.45, 7) is 15.4. The Labute approximate surface area is 255 Å². The Morgan fingerprint density at radius 3 is 2.48 bits per heavy atom. The van der Waals surface area contributed by atoms with E-state index in [1.54, 1.807) is 45.1 Å². The second kappa shape index (κ2) is 13.3. The molecule has 3 fully saturated rings. The van der Waals surface area contributed by atoms with Crippen LogP contribution in [0.3, 0.4) is 0 Å². The fourth-order valence-electron chi connectivity index (χ4n) is 7.55. The van der Waals surface area contributed by atoms with Gasteiger partial charge in [-0.2, -0.15) is 0 Å². The van der Waals surface area contributed by atoms with Gasteiger partial charge in [0.25, 0.3) is 5.91 Å². The molecule has 8 nitrogen and oxygen atoms in total. The van der Waals surface area contributed by atoms with Crippen LogP contribution >= 0.6 is 11.6 Å². The lowest BCUT2D eigenvalue weighted by molar-refractivity contribution is -0.151. The Kier molecular flexibility index (Phi) is 10.2. The van der Waals surface area contributed by atoms with Gasteiger partial charge in [0.2, 0.25) is 11.8 Å². The molecule has 230 valence electrons. The molecule has 0 radical (unpaired) electrons. The first-order valence-electron chi connectivity index (χ1n) is 15.3. The summed E-state index contributed by atoms with van der Waals surface area (Å²) in [4.78, 5) is 48.5. The first-order valence-corrected chi connectivity index (χ1v) is 15.7. The molecule has 3 aliphatic heterocycles. The number of anilines is 1. The summed E-state index contributed by atoms with van der Waals surface area (Å²) in [5, 5.41) is 9.64. The van der Waals surface area contributed by atoms with Gasteiger partial charge in [-0.05, 0) is 50.7 Å². The third-order valence-corrected chi connectivity index (χ3v) is 9.82. The fraction of sp³-hybridized carbons (Fsp3) is 0.606. The molecule has 4 rings (SSSR count). The van der Waals surface area contributed by atoms with E-state index in [9.17, 15) is 19.5 Å². The number of halogens is 1. The van der Waals surface area contributed by atoms with Gasteiger partial charge in [-0.1, -0.05) is 62.6 Å². The molecule has 6 atom stereocenters. The molecule has 3 heterocycles. The lowest BCUT2D eigenvalue weighted by Crippen LogP contribution is -2.57. The number of aliphatic hydroxyl groups excluding tert-OH is 1. The highest BCUT2D eigenvalue weighted by molar-refractivity contribution is 6.34. The maximum atomic E-state index is 14.7. The summed E-state index contributed by atoms with van der Waals surface area (Å²) in [7, 11) is 0. The molecule has 3 amide bonds. The standard InChI is InChI=1S/C33H46ClN3O5/c1-6-17-35(18-7-2)29(39)26-27-30(40)37(20-13-9-10-14-21-38)28(33(27)22-23(4)32(26,5)42-33)31(41)36(19-8-3)25-16-12-11-15-24(25)34/h6,8,11-12,15-16,23,26-28,38H,1,3,7,9-10,13-14,17-22H2,2,4-5H3/t23?,26-,27+,28?,32+,33?/m1/s1. The van der Waals surface area contributed by atoms with Gasteiger partial charge in [-0.25, -0.2) is 0 Å². The number of carbonyl (C=O) groups excluding carboxylic acids is 3. The number of benzene rings is 1. The van der Waals surface area contributed by atoms with Crippen molar-refractivity contribution in [2.75, 3.05) is 37.7 Å². The molecule has 9 heteroatoms. The van der Waals surface area contributed by atoms with Crippen molar-refractivity contribution in [2.24, 2.45) is 17.8 Å². The van der Waals surface area contributed by atoms with Crippen molar-refractivity contribution in [3.63, 3.8) is 0 Å². The van der Waals surface area contributed by atoms with Crippen LogP contribution in [-0.2, 0) is 19.1 Å². The number of fused-ring (bicyclic) bond motifs is 1. The van der Waals surface area contributed by atoms with E-state index in [2.05, 4.69) is 20.1 Å². The normalized spacial score (nSPS) is 29.5. The molecule has 3 unspecified atom stereocenters. The van der Waals surface area contributed by atoms with Crippen LogP contribution in [0.15, 0.2) is 49.6 Å². The van der Waals surface area contributed by atoms with Crippen LogP contribution in [0.4, 0.5) is 5.69 Å². The summed E-state index contributed by atoms with van der Waals surface area (Å²) in [6, 6.07) is 6.24. The van der Waals surface area contributed by atoms with E-state index in [0.29, 0.717) is 49.6 Å². The minimum atomic E-state index is -1.14. The lowest BCUT2D eigenvalue weighted by Gasteiger charge is -2.39. The molecule has 0 saturated carbocycles. The number of hydrogen-bond donors (Lipinski definition) is 1. The Morgan fingerprint density at radius 2 is 1.83 bits per heavy atom. The van der Waals surface area contributed by atoms with E-state index in [1.807, 2.05) is 19.9 Å². The van der Waals surface area contributed by atoms with Crippen molar-refractivity contribution >= 4 is 35.0 Å². The van der Waals surface area contributed by atoms with E-state index in [-0.39, 0.29) is 36.8 Å². The van der Waals surface area contributed by atoms with Gasteiger partial charge in [-0.3, -0.25) is 14.4 Å². The molecule has 0 aromatic heterocycles. The van der Waals surface area contributed by atoms with E-state index in [4.69, 9.17) is 16.3 Å². The van der Waals surface area contributed by atoms with Gasteiger partial charge >= 0.3 is 0 Å². The predicted octanol–water partition coefficient (Wildman–Crippen LogP) is 4.85. The van der Waals surface area contributed by atoms with Crippen LogP contribution in [0.1, 0.15) is 59.3 Å². The van der Waals surface area contributed by atoms with Gasteiger partial charge in [0.15, 0.2) is 0 Å². The maximum absolute atomic E-state index is 14.7. The Hall–Kier alpha value is -2.68. The molecule has 1 N–H and O–H groups in total. The monoisotopic (exact) mass is 599 g/mol. The molecule has 2 bridgehead atoms. The third kappa shape index (κ3) is 5.42. The van der Waals surface area contributed by atoms with Gasteiger partial charge < -0.3 is 24.5 Å². The third-order valence-electron chi connectivity index (χ3n) is 9.50. The van der Waals surface area contributed by atoms with Gasteiger partial charge in [-0.15, -0.1) is 13.2 Å². The van der Waals surface area contributed by atoms with Crippen LogP contribution in [0.25, 0.3) is 0 Å². The molecule has 3 aliphatic rings. The van der Waals surface area contributed by atoms with Crippen LogP contribution < -0.4 is 4.90 Å². The number of likely N-dealkylation sites (tertiary alicyclic amines) is 1. The highest BCUT2D eigenvalue weighted by Crippen LogP contribution is 2.65. The first kappa shape index (κ1) is 32.2. The number of rotatable bonds is 15. The second-order valence-corrected chi connectivity index (χ2v) is 12.5. The molecule has 1 aromatic rings. The quantitative estimate of drug-likeness (QED) is 0.230. The Morgan fingerprint density at radius 1 is 1.14 bits per heavy atom. The van der Waals surface area contributed by atoms with Crippen LogP contribution in [-0.4, -0.2) is 82.7 Å². The van der Waals surface area contributed by atoms with Crippen molar-refractivity contribution in [3.8, 4) is 0 Å². The smallest absolute Gasteiger partial charge is 0.253 e. The summed E-state index contributed by atoms with van der Waals surface area (Å²) in [5.74, 6) is -2.11. The Bertz CT molecular complexity index is 1190. The zero-order chi connectivity index (χ0) is 30.7. The highest BCUT2D eigenvalue weighted by Gasteiger charge is 2.80. The van der Waals surface area contributed by atoms with Gasteiger partial charge in [0.05, 0.1) is 28.1 Å². The number of carbonyl (C=O) groups is 3. The van der Waals surface area contributed by atoms with Crippen LogP contribution in [0.2, 0.25) is 5.02 Å². The molecule has 3 saturated heterocycles. The largest absolute Gasteiger partial charge is 0.396 e. The average Bonchev–Trinajstić information content (AvgIpc) is 3.47. The fourth-order valence-corrected chi connectivity index (χ4v) is 7.79. The first-order chi connectivity index (χ1) is 20.1. The molecule has 1 aromatic carbocycles. The van der Waals surface area contributed by atoms with Crippen molar-refractivity contribution in [1.29, 1.82) is 0 Å². The second-order valence-electron chi connectivity index (χ2n) is 12.1. The average molecular weight is 600 g/mol. The molecule has 0 aliphatic carbocycles. The van der Waals surface area contributed by atoms with Crippen molar-refractivity contribution in [2.45, 2.75) is 76.5 Å². The molecule has 1 spiro atoms. The summed E-state index contributed by atoms with van der Waals surface area (Å²) >= 11 is 6.58. The van der Waals surface area contributed by atoms with Gasteiger partial charge in [0.1, 0.15) is 11.6 Å². The zero-order valence-corrected chi connectivity index (χ0v) is 26.0. The molecule has 42 heavy (non-hydrogen) atoms. The summed E-state index contributed by atoms with van der Waals surface area (Å²) < 4.78 is 6.92. The van der Waals surface area contributed by atoms with E-state index in [0.717, 1.165) is 19.3 Å². The van der Waals surface area contributed by atoms with Crippen LogP contribution in [0.5, 0.6) is 0 Å². The molecular formula is C33H46ClN3O5. The van der Waals surface area contributed by atoms with Crippen molar-refractivity contribution in [3.05, 3.63) is 54.6 Å². The SMILES string of the molecule is C=CCN(CCC)C(=O)[C@H]1[C@H]2C(=O)N(CCCCCCO)C(C(=O)N(CC=C)c3ccccc3Cl)C23CC(C)[C@]1(C)O3. The summed E-state index contributed by atoms with van der Waals surface area (Å²) in [6.07, 6.45) is 7.64. The number of amides is 3.